The fourth-order valence-electron chi connectivity index (χ4n) is 1.71. The zero-order valence-electron chi connectivity index (χ0n) is 10.2. The molecule has 20 heavy (non-hydrogen) atoms. The Bertz CT molecular complexity index is 504. The van der Waals surface area contributed by atoms with Crippen molar-refractivity contribution in [1.29, 1.82) is 0 Å². The Labute approximate surface area is 112 Å². The second kappa shape index (κ2) is 5.58. The Morgan fingerprint density at radius 2 is 2.20 bits per heavy atom. The van der Waals surface area contributed by atoms with Gasteiger partial charge >= 0.3 is 6.18 Å². The zero-order chi connectivity index (χ0) is 14.8. The van der Waals surface area contributed by atoms with Gasteiger partial charge in [0.2, 0.25) is 0 Å². The van der Waals surface area contributed by atoms with Crippen LogP contribution in [0.4, 0.5) is 18.9 Å². The highest BCUT2D eigenvalue weighted by Gasteiger charge is 2.31. The third kappa shape index (κ3) is 3.77. The van der Waals surface area contributed by atoms with Gasteiger partial charge in [0.15, 0.2) is 6.61 Å². The lowest BCUT2D eigenvalue weighted by atomic mass is 10.2. The maximum atomic E-state index is 12.1. The molecule has 2 rings (SSSR count). The molecule has 110 valence electrons. The van der Waals surface area contributed by atoms with E-state index < -0.39 is 25.3 Å². The van der Waals surface area contributed by atoms with Crippen LogP contribution in [0.15, 0.2) is 18.2 Å². The number of nitrogens with one attached hydrogen (secondary N) is 1. The van der Waals surface area contributed by atoms with Gasteiger partial charge in [0.25, 0.3) is 5.91 Å². The lowest BCUT2D eigenvalue weighted by Gasteiger charge is -2.21. The van der Waals surface area contributed by atoms with Crippen molar-refractivity contribution < 1.29 is 32.5 Å². The fraction of sp³-hybridized carbons (Fsp3) is 0.417. The van der Waals surface area contributed by atoms with Gasteiger partial charge in [-0.2, -0.15) is 13.2 Å². The molecule has 1 aliphatic heterocycles. The summed E-state index contributed by atoms with van der Waals surface area (Å²) in [5, 5.41) is 11.7. The van der Waals surface area contributed by atoms with Crippen LogP contribution in [0.25, 0.3) is 0 Å². The number of carbonyl (C=O) groups excluding carboxylic acids is 1. The molecule has 0 spiro atoms. The summed E-state index contributed by atoms with van der Waals surface area (Å²) in [6.45, 7) is -0.668. The molecule has 0 aromatic heterocycles. The highest BCUT2D eigenvalue weighted by atomic mass is 19.4. The van der Waals surface area contributed by atoms with Crippen molar-refractivity contribution in [3.05, 3.63) is 18.2 Å². The van der Waals surface area contributed by atoms with Crippen LogP contribution in [0.5, 0.6) is 11.5 Å². The van der Waals surface area contributed by atoms with Crippen LogP contribution in [0, 0.1) is 0 Å². The molecule has 0 fully saturated rings. The van der Waals surface area contributed by atoms with E-state index in [9.17, 15) is 23.1 Å². The number of halogens is 3. The summed E-state index contributed by atoms with van der Waals surface area (Å²) in [5.74, 6) is 0.133. The van der Waals surface area contributed by atoms with Crippen LogP contribution in [-0.4, -0.2) is 36.5 Å². The zero-order valence-corrected chi connectivity index (χ0v) is 10.2. The lowest BCUT2D eigenvalue weighted by Crippen LogP contribution is -2.27. The summed E-state index contributed by atoms with van der Waals surface area (Å²) in [6.07, 6.45) is -7.49. The van der Waals surface area contributed by atoms with Crippen molar-refractivity contribution >= 4 is 11.6 Å². The molecule has 0 bridgehead atoms. The van der Waals surface area contributed by atoms with Gasteiger partial charge in [0, 0.05) is 0 Å². The van der Waals surface area contributed by atoms with E-state index in [2.05, 4.69) is 5.32 Å². The van der Waals surface area contributed by atoms with Gasteiger partial charge < -0.3 is 19.9 Å². The largest absolute Gasteiger partial charge is 0.489 e. The number of ether oxygens (including phenoxy) is 2. The van der Waals surface area contributed by atoms with Gasteiger partial charge in [-0.25, -0.2) is 0 Å². The van der Waals surface area contributed by atoms with Crippen LogP contribution in [0.2, 0.25) is 0 Å². The van der Waals surface area contributed by atoms with Gasteiger partial charge in [-0.1, -0.05) is 6.07 Å². The van der Waals surface area contributed by atoms with Crippen molar-refractivity contribution in [3.8, 4) is 11.5 Å². The minimum absolute atomic E-state index is 0.132. The predicted octanol–water partition coefficient (Wildman–Crippen LogP) is 1.71. The van der Waals surface area contributed by atoms with Crippen LogP contribution in [-0.2, 0) is 4.79 Å². The van der Waals surface area contributed by atoms with Crippen molar-refractivity contribution in [3.63, 3.8) is 0 Å². The molecule has 1 aliphatic rings. The van der Waals surface area contributed by atoms with Gasteiger partial charge in [0.1, 0.15) is 23.8 Å². The SMILES string of the molecule is O=C1COc2cccc(OCC(O)CC(F)(F)F)c2N1. The van der Waals surface area contributed by atoms with Gasteiger partial charge in [-0.3, -0.25) is 4.79 Å². The van der Waals surface area contributed by atoms with E-state index >= 15 is 0 Å². The van der Waals surface area contributed by atoms with Gasteiger partial charge in [-0.15, -0.1) is 0 Å². The van der Waals surface area contributed by atoms with Crippen molar-refractivity contribution in [2.24, 2.45) is 0 Å². The van der Waals surface area contributed by atoms with Crippen molar-refractivity contribution in [2.45, 2.75) is 18.7 Å². The normalized spacial score (nSPS) is 15.9. The second-order valence-electron chi connectivity index (χ2n) is 4.25. The maximum absolute atomic E-state index is 12.1. The molecule has 0 aliphatic carbocycles. The molecule has 8 heteroatoms. The number of rotatable bonds is 4. The number of amides is 1. The first-order valence-corrected chi connectivity index (χ1v) is 5.78. The Morgan fingerprint density at radius 1 is 1.45 bits per heavy atom. The number of benzene rings is 1. The molecular weight excluding hydrogens is 279 g/mol. The van der Waals surface area contributed by atoms with Crippen LogP contribution >= 0.6 is 0 Å². The van der Waals surface area contributed by atoms with Crippen LogP contribution < -0.4 is 14.8 Å². The number of fused-ring (bicyclic) bond motifs is 1. The summed E-state index contributed by atoms with van der Waals surface area (Å²) in [4.78, 5) is 11.2. The lowest BCUT2D eigenvalue weighted by molar-refractivity contribution is -0.156. The molecule has 1 unspecified atom stereocenters. The second-order valence-corrected chi connectivity index (χ2v) is 4.25. The molecule has 0 radical (unpaired) electrons. The molecule has 0 saturated heterocycles. The number of alkyl halides is 3. The number of hydrogen-bond donors (Lipinski definition) is 2. The molecule has 2 N–H and O–H groups in total. The number of hydrogen-bond acceptors (Lipinski definition) is 4. The van der Waals surface area contributed by atoms with Gasteiger partial charge in [0.05, 0.1) is 12.5 Å². The highest BCUT2D eigenvalue weighted by molar-refractivity contribution is 5.97. The first-order chi connectivity index (χ1) is 9.35. The Hall–Kier alpha value is -1.96. The standard InChI is InChI=1S/C12H12F3NO4/c13-12(14,15)4-7(17)5-19-8-2-1-3-9-11(8)16-10(18)6-20-9/h1-3,7,17H,4-6H2,(H,16,18). The van der Waals surface area contributed by atoms with E-state index in [4.69, 9.17) is 9.47 Å². The maximum Gasteiger partial charge on any atom is 0.391 e. The average Bonchev–Trinajstić information content (AvgIpc) is 2.34. The summed E-state index contributed by atoms with van der Waals surface area (Å²) in [6, 6.07) is 4.63. The molecule has 1 amide bonds. The Balaban J connectivity index is 2.02. The topological polar surface area (TPSA) is 67.8 Å². The van der Waals surface area contributed by atoms with E-state index in [0.717, 1.165) is 0 Å². The summed E-state index contributed by atoms with van der Waals surface area (Å²) in [5.41, 5.74) is 0.253. The molecule has 1 heterocycles. The number of para-hydroxylation sites is 1. The number of aliphatic hydroxyl groups is 1. The first-order valence-electron chi connectivity index (χ1n) is 5.78. The Kier molecular flexibility index (Phi) is 4.03. The molecule has 0 saturated carbocycles. The summed E-state index contributed by atoms with van der Waals surface area (Å²) in [7, 11) is 0. The van der Waals surface area contributed by atoms with Crippen LogP contribution in [0.1, 0.15) is 6.42 Å². The van der Waals surface area contributed by atoms with Crippen molar-refractivity contribution in [1.82, 2.24) is 0 Å². The van der Waals surface area contributed by atoms with Crippen molar-refractivity contribution in [2.75, 3.05) is 18.5 Å². The molecule has 1 atom stereocenters. The molecule has 1 aromatic rings. The van der Waals surface area contributed by atoms with Crippen LogP contribution in [0.3, 0.4) is 0 Å². The highest BCUT2D eigenvalue weighted by Crippen LogP contribution is 2.36. The molecular formula is C12H12F3NO4. The first kappa shape index (κ1) is 14.4. The predicted molar refractivity (Wildman–Crippen MR) is 62.7 cm³/mol. The van der Waals surface area contributed by atoms with Gasteiger partial charge in [-0.05, 0) is 12.1 Å². The smallest absolute Gasteiger partial charge is 0.391 e. The van der Waals surface area contributed by atoms with E-state index in [1.54, 1.807) is 12.1 Å². The third-order valence-electron chi connectivity index (χ3n) is 2.51. The summed E-state index contributed by atoms with van der Waals surface area (Å²) >= 11 is 0. The fourth-order valence-corrected chi connectivity index (χ4v) is 1.71. The van der Waals surface area contributed by atoms with E-state index in [1.807, 2.05) is 0 Å². The number of aliphatic hydroxyl groups excluding tert-OH is 1. The van der Waals surface area contributed by atoms with E-state index in [-0.39, 0.29) is 24.0 Å². The van der Waals surface area contributed by atoms with E-state index in [1.165, 1.54) is 6.07 Å². The molecule has 1 aromatic carbocycles. The summed E-state index contributed by atoms with van der Waals surface area (Å²) < 4.78 is 46.4. The Morgan fingerprint density at radius 3 is 2.90 bits per heavy atom. The number of anilines is 1. The average molecular weight is 291 g/mol. The molecule has 5 nitrogen and oxygen atoms in total. The minimum atomic E-state index is -4.46. The number of carbonyl (C=O) groups is 1. The monoisotopic (exact) mass is 291 g/mol. The quantitative estimate of drug-likeness (QED) is 0.886. The minimum Gasteiger partial charge on any atom is -0.489 e. The third-order valence-corrected chi connectivity index (χ3v) is 2.51. The van der Waals surface area contributed by atoms with E-state index in [0.29, 0.717) is 5.75 Å².